The molecule has 4 rings (SSSR count). The number of halogens is 3. The molecule has 0 radical (unpaired) electrons. The van der Waals surface area contributed by atoms with Crippen molar-refractivity contribution < 1.29 is 18.0 Å². The maximum absolute atomic E-state index is 15.0. The first-order valence-electron chi connectivity index (χ1n) is 12.1. The Kier molecular flexibility index (Phi) is 7.32. The van der Waals surface area contributed by atoms with Crippen molar-refractivity contribution in [3.63, 3.8) is 0 Å². The van der Waals surface area contributed by atoms with Gasteiger partial charge < -0.3 is 11.1 Å². The zero-order valence-corrected chi connectivity index (χ0v) is 20.9. The molecule has 0 aliphatic heterocycles. The van der Waals surface area contributed by atoms with Crippen LogP contribution in [-0.2, 0) is 5.41 Å². The molecule has 192 valence electrons. The highest BCUT2D eigenvalue weighted by molar-refractivity contribution is 6.03. The maximum atomic E-state index is 15.0. The van der Waals surface area contributed by atoms with Gasteiger partial charge in [0.1, 0.15) is 28.8 Å². The highest BCUT2D eigenvalue weighted by Crippen LogP contribution is 2.38. The van der Waals surface area contributed by atoms with Crippen LogP contribution >= 0.6 is 0 Å². The Labute approximate surface area is 213 Å². The Morgan fingerprint density at radius 2 is 1.81 bits per heavy atom. The Balaban J connectivity index is 1.66. The standard InChI is InChI=1S/C28H28F3N5O/c1-15-8-16(10-18(33)9-15)19-6-7-34-13-24(19)36-27(37)23-5-4-20(29)26(35-23)25-21(30)11-17(12-22(25)31)28(2,3)14-32/h4-7,11-13,15-16,18H,8-10,33H2,1-3H3,(H,36,37)/t15-,16+,18+/m0/s1. The van der Waals surface area contributed by atoms with E-state index in [4.69, 9.17) is 5.73 Å². The Hall–Kier alpha value is -3.77. The second-order valence-electron chi connectivity index (χ2n) is 10.3. The fraction of sp³-hybridized carbons (Fsp3) is 0.357. The minimum absolute atomic E-state index is 0.0571. The van der Waals surface area contributed by atoms with Gasteiger partial charge in [0.2, 0.25) is 0 Å². The van der Waals surface area contributed by atoms with E-state index in [0.29, 0.717) is 11.6 Å². The van der Waals surface area contributed by atoms with Crippen molar-refractivity contribution in [3.8, 4) is 17.3 Å². The average molecular weight is 508 g/mol. The van der Waals surface area contributed by atoms with Crippen LogP contribution in [0, 0.1) is 34.7 Å². The van der Waals surface area contributed by atoms with Crippen molar-refractivity contribution in [1.29, 1.82) is 5.26 Å². The molecule has 37 heavy (non-hydrogen) atoms. The van der Waals surface area contributed by atoms with Crippen LogP contribution in [0.3, 0.4) is 0 Å². The van der Waals surface area contributed by atoms with Crippen molar-refractivity contribution in [2.75, 3.05) is 5.32 Å². The number of nitrogens with one attached hydrogen (secondary N) is 1. The van der Waals surface area contributed by atoms with E-state index in [0.717, 1.165) is 49.1 Å². The second kappa shape index (κ2) is 10.3. The number of anilines is 1. The summed E-state index contributed by atoms with van der Waals surface area (Å²) in [4.78, 5) is 21.2. The van der Waals surface area contributed by atoms with E-state index in [9.17, 15) is 23.2 Å². The molecule has 6 nitrogen and oxygen atoms in total. The van der Waals surface area contributed by atoms with Gasteiger partial charge in [-0.15, -0.1) is 0 Å². The van der Waals surface area contributed by atoms with E-state index >= 15 is 0 Å². The van der Waals surface area contributed by atoms with Crippen LogP contribution in [0.2, 0.25) is 0 Å². The number of hydrogen-bond donors (Lipinski definition) is 2. The molecule has 3 aromatic rings. The number of nitrogens with two attached hydrogens (primary N) is 1. The molecular formula is C28H28F3N5O. The van der Waals surface area contributed by atoms with Gasteiger partial charge in [0.25, 0.3) is 5.91 Å². The number of benzene rings is 1. The lowest BCUT2D eigenvalue weighted by Crippen LogP contribution is -2.31. The molecule has 0 saturated heterocycles. The number of hydrogen-bond acceptors (Lipinski definition) is 5. The summed E-state index contributed by atoms with van der Waals surface area (Å²) < 4.78 is 44.6. The van der Waals surface area contributed by atoms with Gasteiger partial charge in [0, 0.05) is 12.2 Å². The van der Waals surface area contributed by atoms with Gasteiger partial charge in [-0.25, -0.2) is 18.2 Å². The van der Waals surface area contributed by atoms with Gasteiger partial charge in [-0.3, -0.25) is 9.78 Å². The molecular weight excluding hydrogens is 479 g/mol. The van der Waals surface area contributed by atoms with Crippen LogP contribution in [0.4, 0.5) is 18.9 Å². The largest absolute Gasteiger partial charge is 0.328 e. The molecule has 0 bridgehead atoms. The third-order valence-electron chi connectivity index (χ3n) is 6.88. The molecule has 9 heteroatoms. The molecule has 1 aromatic carbocycles. The second-order valence-corrected chi connectivity index (χ2v) is 10.3. The van der Waals surface area contributed by atoms with Crippen LogP contribution in [0.15, 0.2) is 42.7 Å². The van der Waals surface area contributed by atoms with E-state index < -0.39 is 40.0 Å². The fourth-order valence-electron chi connectivity index (χ4n) is 4.93. The first kappa shape index (κ1) is 26.3. The van der Waals surface area contributed by atoms with Gasteiger partial charge in [-0.05, 0) is 86.4 Å². The average Bonchev–Trinajstić information content (AvgIpc) is 2.84. The molecule has 0 unspecified atom stereocenters. The number of pyridine rings is 2. The molecule has 2 heterocycles. The van der Waals surface area contributed by atoms with Crippen LogP contribution in [0.5, 0.6) is 0 Å². The van der Waals surface area contributed by atoms with Gasteiger partial charge in [-0.1, -0.05) is 6.92 Å². The van der Waals surface area contributed by atoms with Crippen LogP contribution in [-0.4, -0.2) is 21.9 Å². The normalized spacial score (nSPS) is 19.8. The molecule has 1 aliphatic carbocycles. The molecule has 3 atom stereocenters. The predicted molar refractivity (Wildman–Crippen MR) is 134 cm³/mol. The molecule has 1 saturated carbocycles. The van der Waals surface area contributed by atoms with Crippen molar-refractivity contribution >= 4 is 11.6 Å². The van der Waals surface area contributed by atoms with E-state index in [-0.39, 0.29) is 23.2 Å². The highest BCUT2D eigenvalue weighted by Gasteiger charge is 2.29. The lowest BCUT2D eigenvalue weighted by molar-refractivity contribution is 0.102. The minimum atomic E-state index is -1.16. The Bertz CT molecular complexity index is 1350. The number of rotatable bonds is 5. The van der Waals surface area contributed by atoms with Crippen molar-refractivity contribution in [2.24, 2.45) is 11.7 Å². The first-order valence-corrected chi connectivity index (χ1v) is 12.1. The minimum Gasteiger partial charge on any atom is -0.328 e. The maximum Gasteiger partial charge on any atom is 0.274 e. The molecule has 1 fully saturated rings. The van der Waals surface area contributed by atoms with Crippen LogP contribution < -0.4 is 11.1 Å². The van der Waals surface area contributed by atoms with E-state index in [1.807, 2.05) is 12.1 Å². The third kappa shape index (κ3) is 5.49. The summed E-state index contributed by atoms with van der Waals surface area (Å²) in [5.74, 6) is -3.27. The molecule has 3 N–H and O–H groups in total. The van der Waals surface area contributed by atoms with E-state index in [1.165, 1.54) is 20.0 Å². The summed E-state index contributed by atoms with van der Waals surface area (Å²) in [6.45, 7) is 5.17. The van der Waals surface area contributed by atoms with Crippen LogP contribution in [0.25, 0.3) is 11.3 Å². The zero-order valence-electron chi connectivity index (χ0n) is 20.9. The van der Waals surface area contributed by atoms with Gasteiger partial charge >= 0.3 is 0 Å². The predicted octanol–water partition coefficient (Wildman–Crippen LogP) is 5.85. The Morgan fingerprint density at radius 3 is 2.46 bits per heavy atom. The van der Waals surface area contributed by atoms with Gasteiger partial charge in [0.05, 0.1) is 28.9 Å². The van der Waals surface area contributed by atoms with Gasteiger partial charge in [0.15, 0.2) is 0 Å². The summed E-state index contributed by atoms with van der Waals surface area (Å²) in [7, 11) is 0. The van der Waals surface area contributed by atoms with Crippen molar-refractivity contribution in [3.05, 3.63) is 77.0 Å². The van der Waals surface area contributed by atoms with Crippen LogP contribution in [0.1, 0.15) is 67.6 Å². The summed E-state index contributed by atoms with van der Waals surface area (Å²) in [5.41, 5.74) is 4.96. The molecule has 1 aliphatic rings. The summed E-state index contributed by atoms with van der Waals surface area (Å²) in [5, 5.41) is 12.1. The lowest BCUT2D eigenvalue weighted by atomic mass is 9.76. The number of nitrogens with zero attached hydrogens (tertiary/aromatic N) is 3. The van der Waals surface area contributed by atoms with E-state index in [1.54, 1.807) is 6.20 Å². The zero-order chi connectivity index (χ0) is 26.9. The first-order chi connectivity index (χ1) is 17.5. The number of carbonyl (C=O) groups excluding carboxylic acids is 1. The lowest BCUT2D eigenvalue weighted by Gasteiger charge is -2.32. The number of amides is 1. The van der Waals surface area contributed by atoms with Crippen molar-refractivity contribution in [2.45, 2.75) is 57.4 Å². The molecule has 0 spiro atoms. The van der Waals surface area contributed by atoms with Crippen molar-refractivity contribution in [1.82, 2.24) is 9.97 Å². The smallest absolute Gasteiger partial charge is 0.274 e. The SMILES string of the molecule is C[C@@H]1C[C@@H](N)C[C@H](c2ccncc2NC(=O)c2ccc(F)c(-c3c(F)cc(C(C)(C)C#N)cc3F)n2)C1. The number of carbonyl (C=O) groups is 1. The number of aromatic nitrogens is 2. The summed E-state index contributed by atoms with van der Waals surface area (Å²) >= 11 is 0. The summed E-state index contributed by atoms with van der Waals surface area (Å²) in [6.07, 6.45) is 5.79. The molecule has 1 amide bonds. The molecule has 2 aromatic heterocycles. The highest BCUT2D eigenvalue weighted by atomic mass is 19.1. The monoisotopic (exact) mass is 507 g/mol. The third-order valence-corrected chi connectivity index (χ3v) is 6.88. The fourth-order valence-corrected chi connectivity index (χ4v) is 4.93. The quantitative estimate of drug-likeness (QED) is 0.451. The summed E-state index contributed by atoms with van der Waals surface area (Å²) in [6, 6.07) is 7.91. The topological polar surface area (TPSA) is 105 Å². The number of nitriles is 1. The van der Waals surface area contributed by atoms with E-state index in [2.05, 4.69) is 22.2 Å². The van der Waals surface area contributed by atoms with Gasteiger partial charge in [-0.2, -0.15) is 5.26 Å². The Morgan fingerprint density at radius 1 is 1.11 bits per heavy atom.